The number of rotatable bonds is 5. The van der Waals surface area contributed by atoms with Crippen molar-refractivity contribution in [1.82, 2.24) is 5.32 Å². The molecular weight excluding hydrogens is 265 g/mol. The number of nitrogens with one attached hydrogen (secondary N) is 1. The number of aromatic hydroxyl groups is 1. The monoisotopic (exact) mass is 287 g/mol. The molecule has 0 bridgehead atoms. The van der Waals surface area contributed by atoms with Crippen LogP contribution >= 0.6 is 0 Å². The van der Waals surface area contributed by atoms with Gasteiger partial charge < -0.3 is 10.4 Å². The summed E-state index contributed by atoms with van der Waals surface area (Å²) < 4.78 is 13.7. The third kappa shape index (κ3) is 3.61. The molecule has 0 saturated heterocycles. The van der Waals surface area contributed by atoms with E-state index in [1.807, 2.05) is 31.2 Å². The normalized spacial score (nSPS) is 13.9. The second-order valence-electron chi connectivity index (χ2n) is 5.42. The Balaban J connectivity index is 2.18. The molecule has 0 aliphatic heterocycles. The topological polar surface area (TPSA) is 32.3 Å². The first-order chi connectivity index (χ1) is 10.0. The molecule has 0 radical (unpaired) electrons. The first-order valence-corrected chi connectivity index (χ1v) is 7.33. The molecule has 21 heavy (non-hydrogen) atoms. The average molecular weight is 287 g/mol. The van der Waals surface area contributed by atoms with Crippen molar-refractivity contribution in [1.29, 1.82) is 0 Å². The van der Waals surface area contributed by atoms with Gasteiger partial charge in [-0.05, 0) is 43.5 Å². The van der Waals surface area contributed by atoms with Crippen molar-refractivity contribution < 1.29 is 9.50 Å². The fraction of sp³-hybridized carbons (Fsp3) is 0.333. The van der Waals surface area contributed by atoms with Gasteiger partial charge in [-0.25, -0.2) is 4.39 Å². The van der Waals surface area contributed by atoms with Gasteiger partial charge in [0.15, 0.2) is 0 Å². The Morgan fingerprint density at radius 3 is 2.52 bits per heavy atom. The van der Waals surface area contributed by atoms with Gasteiger partial charge in [-0.2, -0.15) is 0 Å². The highest BCUT2D eigenvalue weighted by Crippen LogP contribution is 2.28. The number of benzene rings is 2. The van der Waals surface area contributed by atoms with Gasteiger partial charge in [0.05, 0.1) is 0 Å². The van der Waals surface area contributed by atoms with Crippen molar-refractivity contribution in [2.45, 2.75) is 39.3 Å². The fourth-order valence-corrected chi connectivity index (χ4v) is 2.49. The highest BCUT2D eigenvalue weighted by atomic mass is 19.1. The predicted octanol–water partition coefficient (Wildman–Crippen LogP) is 4.64. The van der Waals surface area contributed by atoms with Gasteiger partial charge in [0.1, 0.15) is 11.6 Å². The summed E-state index contributed by atoms with van der Waals surface area (Å²) in [5.74, 6) is 0.107. The van der Waals surface area contributed by atoms with Crippen LogP contribution in [0.4, 0.5) is 4.39 Å². The van der Waals surface area contributed by atoms with Crippen LogP contribution < -0.4 is 5.32 Å². The summed E-state index contributed by atoms with van der Waals surface area (Å²) >= 11 is 0. The van der Waals surface area contributed by atoms with Crippen molar-refractivity contribution in [3.63, 3.8) is 0 Å². The zero-order valence-corrected chi connectivity index (χ0v) is 12.7. The summed E-state index contributed by atoms with van der Waals surface area (Å²) in [6.45, 7) is 5.83. The zero-order chi connectivity index (χ0) is 15.4. The van der Waals surface area contributed by atoms with Crippen LogP contribution in [0.15, 0.2) is 42.5 Å². The lowest BCUT2D eigenvalue weighted by Gasteiger charge is -2.24. The molecule has 3 heteroatoms. The Morgan fingerprint density at radius 1 is 1.19 bits per heavy atom. The number of phenolic OH excluding ortho intramolecular Hbond substituents is 1. The van der Waals surface area contributed by atoms with E-state index in [2.05, 4.69) is 12.2 Å². The van der Waals surface area contributed by atoms with E-state index in [0.717, 1.165) is 17.5 Å². The minimum absolute atomic E-state index is 0.00431. The van der Waals surface area contributed by atoms with Gasteiger partial charge in [0.2, 0.25) is 0 Å². The Bertz CT molecular complexity index is 612. The van der Waals surface area contributed by atoms with Gasteiger partial charge in [-0.3, -0.25) is 0 Å². The van der Waals surface area contributed by atoms with Crippen LogP contribution in [-0.2, 0) is 0 Å². The van der Waals surface area contributed by atoms with Crippen LogP contribution in [0.3, 0.4) is 0 Å². The molecule has 2 nitrogen and oxygen atoms in total. The second kappa shape index (κ2) is 6.72. The van der Waals surface area contributed by atoms with E-state index in [1.165, 1.54) is 0 Å². The van der Waals surface area contributed by atoms with E-state index in [-0.39, 0.29) is 17.9 Å². The third-order valence-corrected chi connectivity index (χ3v) is 3.87. The SMILES string of the molecule is CCC(NC(C)c1ccc(C)c(F)c1)c1ccccc1O. The standard InChI is InChI=1S/C18H22FNO/c1-4-17(15-7-5-6-8-18(15)21)20-13(3)14-10-9-12(2)16(19)11-14/h5-11,13,17,20-21H,4H2,1-3H3. The molecule has 0 aromatic heterocycles. The quantitative estimate of drug-likeness (QED) is 0.839. The van der Waals surface area contributed by atoms with Crippen molar-refractivity contribution in [2.24, 2.45) is 0 Å². The van der Waals surface area contributed by atoms with Gasteiger partial charge in [0.25, 0.3) is 0 Å². The van der Waals surface area contributed by atoms with Crippen molar-refractivity contribution in [3.8, 4) is 5.75 Å². The maximum absolute atomic E-state index is 13.7. The lowest BCUT2D eigenvalue weighted by Crippen LogP contribution is -2.24. The maximum atomic E-state index is 13.7. The largest absolute Gasteiger partial charge is 0.508 e. The van der Waals surface area contributed by atoms with Crippen molar-refractivity contribution >= 4 is 0 Å². The van der Waals surface area contributed by atoms with Crippen LogP contribution in [0.25, 0.3) is 0 Å². The number of para-hydroxylation sites is 1. The third-order valence-electron chi connectivity index (χ3n) is 3.87. The number of hydrogen-bond donors (Lipinski definition) is 2. The van der Waals surface area contributed by atoms with Gasteiger partial charge >= 0.3 is 0 Å². The van der Waals surface area contributed by atoms with E-state index in [1.54, 1.807) is 25.1 Å². The molecular formula is C18H22FNO. The number of aryl methyl sites for hydroxylation is 1. The number of hydrogen-bond acceptors (Lipinski definition) is 2. The molecule has 0 spiro atoms. The van der Waals surface area contributed by atoms with Crippen molar-refractivity contribution in [3.05, 3.63) is 65.0 Å². The Labute approximate surface area is 125 Å². The maximum Gasteiger partial charge on any atom is 0.126 e. The molecule has 2 atom stereocenters. The van der Waals surface area contributed by atoms with Crippen LogP contribution in [0.1, 0.15) is 49.0 Å². The summed E-state index contributed by atoms with van der Waals surface area (Å²) in [6.07, 6.45) is 0.844. The molecule has 112 valence electrons. The molecule has 2 unspecified atom stereocenters. The van der Waals surface area contributed by atoms with Crippen LogP contribution in [0.5, 0.6) is 5.75 Å². The van der Waals surface area contributed by atoms with Gasteiger partial charge in [-0.1, -0.05) is 37.3 Å². The molecule has 2 aromatic rings. The first kappa shape index (κ1) is 15.5. The Morgan fingerprint density at radius 2 is 1.90 bits per heavy atom. The fourth-order valence-electron chi connectivity index (χ4n) is 2.49. The second-order valence-corrected chi connectivity index (χ2v) is 5.42. The van der Waals surface area contributed by atoms with Crippen molar-refractivity contribution in [2.75, 3.05) is 0 Å². The average Bonchev–Trinajstić information content (AvgIpc) is 2.48. The molecule has 2 aromatic carbocycles. The minimum Gasteiger partial charge on any atom is -0.508 e. The van der Waals surface area contributed by atoms with E-state index in [9.17, 15) is 9.50 Å². The summed E-state index contributed by atoms with van der Waals surface area (Å²) in [5.41, 5.74) is 2.44. The molecule has 0 aliphatic rings. The molecule has 2 rings (SSSR count). The van der Waals surface area contributed by atoms with Crippen LogP contribution in [0, 0.1) is 12.7 Å². The van der Waals surface area contributed by atoms with E-state index < -0.39 is 0 Å². The van der Waals surface area contributed by atoms with Gasteiger partial charge in [0, 0.05) is 17.6 Å². The highest BCUT2D eigenvalue weighted by molar-refractivity contribution is 5.35. The number of phenols is 1. The summed E-state index contributed by atoms with van der Waals surface area (Å²) in [7, 11) is 0. The highest BCUT2D eigenvalue weighted by Gasteiger charge is 2.17. The Kier molecular flexibility index (Phi) is 4.97. The lowest BCUT2D eigenvalue weighted by atomic mass is 10.00. The van der Waals surface area contributed by atoms with E-state index in [4.69, 9.17) is 0 Å². The van der Waals surface area contributed by atoms with Crippen LogP contribution in [0.2, 0.25) is 0 Å². The zero-order valence-electron chi connectivity index (χ0n) is 12.7. The lowest BCUT2D eigenvalue weighted by molar-refractivity contribution is 0.418. The van der Waals surface area contributed by atoms with Gasteiger partial charge in [-0.15, -0.1) is 0 Å². The summed E-state index contributed by atoms with van der Waals surface area (Å²) in [4.78, 5) is 0. The molecule has 0 aliphatic carbocycles. The Hall–Kier alpha value is -1.87. The first-order valence-electron chi connectivity index (χ1n) is 7.33. The van der Waals surface area contributed by atoms with Crippen LogP contribution in [-0.4, -0.2) is 5.11 Å². The molecule has 0 fully saturated rings. The smallest absolute Gasteiger partial charge is 0.126 e. The molecule has 0 amide bonds. The molecule has 0 heterocycles. The van der Waals surface area contributed by atoms with E-state index >= 15 is 0 Å². The predicted molar refractivity (Wildman–Crippen MR) is 83.8 cm³/mol. The number of halogens is 1. The summed E-state index contributed by atoms with van der Waals surface area (Å²) in [6, 6.07) is 12.7. The minimum atomic E-state index is -0.184. The molecule has 0 saturated carbocycles. The molecule has 2 N–H and O–H groups in total. The van der Waals surface area contributed by atoms with E-state index in [0.29, 0.717) is 11.3 Å². The summed E-state index contributed by atoms with van der Waals surface area (Å²) in [5, 5.41) is 13.4.